The molecule has 0 bridgehead atoms. The molecule has 1 aliphatic heterocycles. The van der Waals surface area contributed by atoms with Crippen LogP contribution in [0.4, 0.5) is 5.69 Å². The lowest BCUT2D eigenvalue weighted by atomic mass is 10.1. The minimum atomic E-state index is -1.05. The number of hydrogen-bond acceptors (Lipinski definition) is 7. The van der Waals surface area contributed by atoms with Crippen LogP contribution in [0.25, 0.3) is 11.0 Å². The Bertz CT molecular complexity index is 1360. The number of para-hydroxylation sites is 1. The third-order valence-electron chi connectivity index (χ3n) is 5.95. The van der Waals surface area contributed by atoms with Crippen molar-refractivity contribution in [1.29, 1.82) is 0 Å². The summed E-state index contributed by atoms with van der Waals surface area (Å²) in [6.07, 6.45) is 2.29. The molecule has 1 aliphatic rings. The molecule has 0 spiro atoms. The molecule has 0 saturated heterocycles. The molecule has 10 heteroatoms. The lowest BCUT2D eigenvalue weighted by molar-refractivity contribution is -0.127. The SMILES string of the molecule is CC(C)CCNC(=O)[C@@H](c1ccco1)N(C(=O)Cn1nnc2ccccc21)c1ccc2c(c1)OCO2. The number of carbonyl (C=O) groups excluding carboxylic acids is 2. The minimum absolute atomic E-state index is 0.0922. The van der Waals surface area contributed by atoms with E-state index in [1.807, 2.05) is 24.3 Å². The molecule has 0 aliphatic carbocycles. The maximum absolute atomic E-state index is 13.9. The second-order valence-electron chi connectivity index (χ2n) is 8.93. The number of nitrogens with one attached hydrogen (secondary N) is 1. The molecule has 0 saturated carbocycles. The van der Waals surface area contributed by atoms with Crippen molar-refractivity contribution in [3.8, 4) is 11.5 Å². The second kappa shape index (κ2) is 10.1. The maximum atomic E-state index is 13.9. The van der Waals surface area contributed by atoms with Crippen LogP contribution in [0.3, 0.4) is 0 Å². The summed E-state index contributed by atoms with van der Waals surface area (Å²) < 4.78 is 18.2. The van der Waals surface area contributed by atoms with Gasteiger partial charge in [0, 0.05) is 18.3 Å². The van der Waals surface area contributed by atoms with Gasteiger partial charge in [-0.2, -0.15) is 0 Å². The second-order valence-corrected chi connectivity index (χ2v) is 8.93. The number of furan rings is 1. The molecule has 4 aromatic rings. The monoisotopic (exact) mass is 489 g/mol. The Morgan fingerprint density at radius 2 is 1.92 bits per heavy atom. The van der Waals surface area contributed by atoms with Gasteiger partial charge >= 0.3 is 0 Å². The van der Waals surface area contributed by atoms with E-state index in [1.54, 1.807) is 30.3 Å². The van der Waals surface area contributed by atoms with Crippen molar-refractivity contribution in [1.82, 2.24) is 20.3 Å². The number of carbonyl (C=O) groups is 2. The van der Waals surface area contributed by atoms with Crippen molar-refractivity contribution in [2.45, 2.75) is 32.9 Å². The Morgan fingerprint density at radius 1 is 1.08 bits per heavy atom. The van der Waals surface area contributed by atoms with E-state index in [1.165, 1.54) is 15.8 Å². The predicted octanol–water partition coefficient (Wildman–Crippen LogP) is 3.69. The van der Waals surface area contributed by atoms with Gasteiger partial charge in [-0.15, -0.1) is 5.10 Å². The Labute approximate surface area is 207 Å². The van der Waals surface area contributed by atoms with E-state index in [4.69, 9.17) is 13.9 Å². The van der Waals surface area contributed by atoms with Crippen LogP contribution in [0, 0.1) is 5.92 Å². The molecule has 1 N–H and O–H groups in total. The van der Waals surface area contributed by atoms with Gasteiger partial charge in [0.1, 0.15) is 17.8 Å². The van der Waals surface area contributed by atoms with E-state index in [2.05, 4.69) is 29.5 Å². The van der Waals surface area contributed by atoms with E-state index in [0.717, 1.165) is 6.42 Å². The topological polar surface area (TPSA) is 112 Å². The summed E-state index contributed by atoms with van der Waals surface area (Å²) in [5.74, 6) is 1.11. The zero-order valence-corrected chi connectivity index (χ0v) is 20.1. The molecule has 2 aromatic carbocycles. The van der Waals surface area contributed by atoms with Crippen LogP contribution >= 0.6 is 0 Å². The first-order valence-corrected chi connectivity index (χ1v) is 11.8. The van der Waals surface area contributed by atoms with Gasteiger partial charge in [-0.3, -0.25) is 14.5 Å². The average molecular weight is 490 g/mol. The molecule has 186 valence electrons. The molecule has 1 atom stereocenters. The van der Waals surface area contributed by atoms with Gasteiger partial charge in [-0.25, -0.2) is 4.68 Å². The normalized spacial score (nSPS) is 13.2. The average Bonchev–Trinajstić information content (AvgIpc) is 3.63. The van der Waals surface area contributed by atoms with Crippen molar-refractivity contribution in [2.75, 3.05) is 18.2 Å². The first-order valence-electron chi connectivity index (χ1n) is 11.8. The fourth-order valence-corrected chi connectivity index (χ4v) is 4.11. The predicted molar refractivity (Wildman–Crippen MR) is 131 cm³/mol. The number of anilines is 1. The highest BCUT2D eigenvalue weighted by atomic mass is 16.7. The first-order chi connectivity index (χ1) is 17.5. The largest absolute Gasteiger partial charge is 0.467 e. The Kier molecular flexibility index (Phi) is 6.57. The summed E-state index contributed by atoms with van der Waals surface area (Å²) in [6.45, 7) is 4.60. The van der Waals surface area contributed by atoms with Gasteiger partial charge < -0.3 is 19.2 Å². The summed E-state index contributed by atoms with van der Waals surface area (Å²) >= 11 is 0. The van der Waals surface area contributed by atoms with Crippen LogP contribution in [0.2, 0.25) is 0 Å². The lowest BCUT2D eigenvalue weighted by Gasteiger charge is -2.30. The van der Waals surface area contributed by atoms with Crippen molar-refractivity contribution in [3.05, 3.63) is 66.6 Å². The Morgan fingerprint density at radius 3 is 2.72 bits per heavy atom. The van der Waals surface area contributed by atoms with E-state index >= 15 is 0 Å². The quantitative estimate of drug-likeness (QED) is 0.382. The number of aromatic nitrogens is 3. The summed E-state index contributed by atoms with van der Waals surface area (Å²) in [6, 6.07) is 14.9. The van der Waals surface area contributed by atoms with Gasteiger partial charge in [-0.05, 0) is 48.7 Å². The van der Waals surface area contributed by atoms with Crippen LogP contribution in [0.5, 0.6) is 11.5 Å². The third kappa shape index (κ3) is 4.74. The Balaban J connectivity index is 1.53. The molecule has 3 heterocycles. The molecule has 0 unspecified atom stereocenters. The van der Waals surface area contributed by atoms with Gasteiger partial charge in [0.05, 0.1) is 11.8 Å². The van der Waals surface area contributed by atoms with Gasteiger partial charge in [0.2, 0.25) is 12.7 Å². The summed E-state index contributed by atoms with van der Waals surface area (Å²) in [4.78, 5) is 28.9. The van der Waals surface area contributed by atoms with Crippen molar-refractivity contribution < 1.29 is 23.5 Å². The fraction of sp³-hybridized carbons (Fsp3) is 0.308. The molecule has 2 amide bonds. The summed E-state index contributed by atoms with van der Waals surface area (Å²) in [5.41, 5.74) is 1.86. The number of amides is 2. The summed E-state index contributed by atoms with van der Waals surface area (Å²) in [7, 11) is 0. The Hall–Kier alpha value is -4.34. The van der Waals surface area contributed by atoms with Gasteiger partial charge in [-0.1, -0.05) is 31.2 Å². The molecule has 0 radical (unpaired) electrons. The molecule has 10 nitrogen and oxygen atoms in total. The fourth-order valence-electron chi connectivity index (χ4n) is 4.11. The standard InChI is InChI=1S/C26H27N5O5/c1-17(2)11-12-27-26(33)25(22-8-5-13-34-22)31(18-9-10-21-23(14-18)36-16-35-21)24(32)15-30-20-7-4-3-6-19(20)28-29-30/h3-10,13-14,17,25H,11-12,15-16H2,1-2H3,(H,27,33)/t25-/m1/s1. The zero-order valence-electron chi connectivity index (χ0n) is 20.1. The molecule has 2 aromatic heterocycles. The van der Waals surface area contributed by atoms with Crippen LogP contribution in [-0.2, 0) is 16.1 Å². The van der Waals surface area contributed by atoms with E-state index in [-0.39, 0.29) is 25.2 Å². The first kappa shape index (κ1) is 23.4. The number of benzene rings is 2. The highest BCUT2D eigenvalue weighted by molar-refractivity contribution is 6.01. The zero-order chi connectivity index (χ0) is 25.1. The van der Waals surface area contributed by atoms with Crippen LogP contribution in [-0.4, -0.2) is 40.1 Å². The van der Waals surface area contributed by atoms with Crippen molar-refractivity contribution in [3.63, 3.8) is 0 Å². The van der Waals surface area contributed by atoms with E-state index in [0.29, 0.717) is 46.4 Å². The third-order valence-corrected chi connectivity index (χ3v) is 5.95. The highest BCUT2D eigenvalue weighted by Crippen LogP contribution is 2.38. The molecule has 0 fully saturated rings. The molecule has 5 rings (SSSR count). The van der Waals surface area contributed by atoms with Gasteiger partial charge in [0.25, 0.3) is 5.91 Å². The maximum Gasteiger partial charge on any atom is 0.251 e. The number of rotatable bonds is 9. The van der Waals surface area contributed by atoms with Crippen molar-refractivity contribution in [2.24, 2.45) is 5.92 Å². The van der Waals surface area contributed by atoms with Crippen LogP contribution in [0.1, 0.15) is 32.1 Å². The number of fused-ring (bicyclic) bond motifs is 2. The summed E-state index contributed by atoms with van der Waals surface area (Å²) in [5, 5.41) is 11.3. The number of ether oxygens (including phenoxy) is 2. The van der Waals surface area contributed by atoms with E-state index < -0.39 is 6.04 Å². The van der Waals surface area contributed by atoms with Crippen LogP contribution < -0.4 is 19.7 Å². The molecular weight excluding hydrogens is 462 g/mol. The van der Waals surface area contributed by atoms with Crippen LogP contribution in [0.15, 0.2) is 65.3 Å². The highest BCUT2D eigenvalue weighted by Gasteiger charge is 2.36. The number of nitrogens with zero attached hydrogens (tertiary/aromatic N) is 4. The molecule has 36 heavy (non-hydrogen) atoms. The smallest absolute Gasteiger partial charge is 0.251 e. The lowest BCUT2D eigenvalue weighted by Crippen LogP contribution is -2.45. The molecular formula is C26H27N5O5. The van der Waals surface area contributed by atoms with Crippen molar-refractivity contribution >= 4 is 28.5 Å². The minimum Gasteiger partial charge on any atom is -0.467 e. The van der Waals surface area contributed by atoms with Gasteiger partial charge in [0.15, 0.2) is 17.5 Å². The number of hydrogen-bond donors (Lipinski definition) is 1. The van der Waals surface area contributed by atoms with E-state index in [9.17, 15) is 9.59 Å².